The summed E-state index contributed by atoms with van der Waals surface area (Å²) in [7, 11) is 0. The second-order valence-corrected chi connectivity index (χ2v) is 8.28. The highest BCUT2D eigenvalue weighted by Gasteiger charge is 2.22. The Labute approximate surface area is 179 Å². The monoisotopic (exact) mass is 417 g/mol. The van der Waals surface area contributed by atoms with E-state index in [9.17, 15) is 0 Å². The molecule has 7 heteroatoms. The summed E-state index contributed by atoms with van der Waals surface area (Å²) in [6.07, 6.45) is 0. The molecule has 1 saturated heterocycles. The quantitative estimate of drug-likeness (QED) is 0.453. The van der Waals surface area contributed by atoms with Crippen molar-refractivity contribution in [3.05, 3.63) is 71.9 Å². The van der Waals surface area contributed by atoms with E-state index in [0.29, 0.717) is 13.2 Å². The van der Waals surface area contributed by atoms with E-state index in [0.717, 1.165) is 52.2 Å². The Balaban J connectivity index is 1.46. The van der Waals surface area contributed by atoms with Crippen LogP contribution < -0.4 is 4.90 Å². The molecule has 0 unspecified atom stereocenters. The molecule has 1 aliphatic rings. The lowest BCUT2D eigenvalue weighted by Gasteiger charge is -2.28. The van der Waals surface area contributed by atoms with Crippen LogP contribution in [-0.2, 0) is 10.5 Å². The molecule has 2 aromatic carbocycles. The van der Waals surface area contributed by atoms with E-state index in [4.69, 9.17) is 9.72 Å². The minimum absolute atomic E-state index is 0.712. The van der Waals surface area contributed by atoms with Gasteiger partial charge < -0.3 is 9.64 Å². The van der Waals surface area contributed by atoms with Crippen LogP contribution in [0, 0.1) is 6.92 Å². The molecule has 1 aliphatic heterocycles. The van der Waals surface area contributed by atoms with Crippen molar-refractivity contribution in [3.63, 3.8) is 0 Å². The second kappa shape index (κ2) is 8.45. The highest BCUT2D eigenvalue weighted by atomic mass is 32.2. The lowest BCUT2D eigenvalue weighted by atomic mass is 10.2. The number of fused-ring (bicyclic) bond motifs is 1. The van der Waals surface area contributed by atoms with Crippen molar-refractivity contribution < 1.29 is 4.74 Å². The number of morpholine rings is 1. The third-order valence-electron chi connectivity index (χ3n) is 5.18. The molecule has 0 amide bonds. The van der Waals surface area contributed by atoms with E-state index in [2.05, 4.69) is 75.1 Å². The number of hydrogen-bond acceptors (Lipinski definition) is 6. The normalized spacial score (nSPS) is 14.4. The lowest BCUT2D eigenvalue weighted by molar-refractivity contribution is 0.122. The summed E-state index contributed by atoms with van der Waals surface area (Å²) in [6.45, 7) is 5.17. The number of benzene rings is 2. The van der Waals surface area contributed by atoms with Gasteiger partial charge in [-0.1, -0.05) is 48.2 Å². The molecule has 1 fully saturated rings. The van der Waals surface area contributed by atoms with Gasteiger partial charge in [0.05, 0.1) is 30.1 Å². The fourth-order valence-corrected chi connectivity index (χ4v) is 4.50. The van der Waals surface area contributed by atoms with Crippen molar-refractivity contribution in [2.75, 3.05) is 31.2 Å². The molecular formula is C23H23N5OS. The maximum Gasteiger partial charge on any atom is 0.232 e. The number of thioether (sulfide) groups is 1. The molecule has 3 heterocycles. The smallest absolute Gasteiger partial charge is 0.232 e. The van der Waals surface area contributed by atoms with Crippen LogP contribution in [0.25, 0.3) is 16.6 Å². The molecule has 0 atom stereocenters. The molecule has 5 rings (SSSR count). The summed E-state index contributed by atoms with van der Waals surface area (Å²) in [6, 6.07) is 20.9. The minimum Gasteiger partial charge on any atom is -0.378 e. The fourth-order valence-electron chi connectivity index (χ4n) is 3.64. The molecule has 0 spiro atoms. The van der Waals surface area contributed by atoms with Crippen LogP contribution in [0.1, 0.15) is 11.3 Å². The number of aryl methyl sites for hydroxylation is 1. The molecule has 4 aromatic rings. The van der Waals surface area contributed by atoms with Crippen LogP contribution in [0.5, 0.6) is 0 Å². The number of rotatable bonds is 5. The van der Waals surface area contributed by atoms with Crippen molar-refractivity contribution in [2.24, 2.45) is 0 Å². The first-order chi connectivity index (χ1) is 14.8. The number of pyridine rings is 1. The maximum absolute atomic E-state index is 5.52. The van der Waals surface area contributed by atoms with Crippen LogP contribution >= 0.6 is 11.8 Å². The van der Waals surface area contributed by atoms with E-state index < -0.39 is 0 Å². The number of nitrogens with zero attached hydrogens (tertiary/aromatic N) is 5. The topological polar surface area (TPSA) is 56.1 Å². The SMILES string of the molecule is Cc1cccc(-n2c(SCc3ccc4ccccc4n3)nnc2N2CCOCC2)c1. The van der Waals surface area contributed by atoms with E-state index in [1.165, 1.54) is 5.56 Å². The Hall–Kier alpha value is -2.90. The Kier molecular flexibility index (Phi) is 5.38. The molecule has 6 nitrogen and oxygen atoms in total. The number of para-hydroxylation sites is 1. The van der Waals surface area contributed by atoms with Crippen molar-refractivity contribution in [1.82, 2.24) is 19.7 Å². The van der Waals surface area contributed by atoms with Crippen LogP contribution in [0.2, 0.25) is 0 Å². The van der Waals surface area contributed by atoms with Gasteiger partial charge in [-0.25, -0.2) is 0 Å². The van der Waals surface area contributed by atoms with Crippen LogP contribution in [0.3, 0.4) is 0 Å². The zero-order valence-electron chi connectivity index (χ0n) is 16.9. The van der Waals surface area contributed by atoms with Crippen molar-refractivity contribution >= 4 is 28.6 Å². The third-order valence-corrected chi connectivity index (χ3v) is 6.14. The lowest BCUT2D eigenvalue weighted by Crippen LogP contribution is -2.37. The Morgan fingerprint density at radius 3 is 2.70 bits per heavy atom. The average Bonchev–Trinajstić information content (AvgIpc) is 3.22. The number of anilines is 1. The molecule has 30 heavy (non-hydrogen) atoms. The second-order valence-electron chi connectivity index (χ2n) is 7.34. The zero-order valence-corrected chi connectivity index (χ0v) is 17.7. The summed E-state index contributed by atoms with van der Waals surface area (Å²) in [5.41, 5.74) is 4.34. The summed E-state index contributed by atoms with van der Waals surface area (Å²) in [5.74, 6) is 1.61. The zero-order chi connectivity index (χ0) is 20.3. The van der Waals surface area contributed by atoms with Crippen LogP contribution in [0.4, 0.5) is 5.95 Å². The summed E-state index contributed by atoms with van der Waals surface area (Å²) >= 11 is 1.66. The number of hydrogen-bond donors (Lipinski definition) is 0. The van der Waals surface area contributed by atoms with Crippen LogP contribution in [0.15, 0.2) is 65.8 Å². The summed E-state index contributed by atoms with van der Waals surface area (Å²) in [4.78, 5) is 7.05. The molecule has 0 N–H and O–H groups in total. The predicted octanol–water partition coefficient (Wildman–Crippen LogP) is 4.25. The van der Waals surface area contributed by atoms with Gasteiger partial charge in [0.2, 0.25) is 5.95 Å². The van der Waals surface area contributed by atoms with Crippen LogP contribution in [-0.4, -0.2) is 46.1 Å². The Morgan fingerprint density at radius 2 is 1.83 bits per heavy atom. The standard InChI is InChI=1S/C23H23N5OS/c1-17-5-4-7-20(15-17)28-22(27-11-13-29-14-12-27)25-26-23(28)30-16-19-10-9-18-6-2-3-8-21(18)24-19/h2-10,15H,11-14,16H2,1H3. The van der Waals surface area contributed by atoms with Crippen molar-refractivity contribution in [3.8, 4) is 5.69 Å². The fraction of sp³-hybridized carbons (Fsp3) is 0.261. The highest BCUT2D eigenvalue weighted by Crippen LogP contribution is 2.29. The molecule has 0 bridgehead atoms. The molecular weight excluding hydrogens is 394 g/mol. The summed E-state index contributed by atoms with van der Waals surface area (Å²) in [5, 5.41) is 11.1. The van der Waals surface area contributed by atoms with Gasteiger partial charge in [0.25, 0.3) is 0 Å². The van der Waals surface area contributed by atoms with E-state index in [1.807, 2.05) is 12.1 Å². The Morgan fingerprint density at radius 1 is 0.967 bits per heavy atom. The van der Waals surface area contributed by atoms with E-state index in [-0.39, 0.29) is 0 Å². The van der Waals surface area contributed by atoms with Crippen molar-refractivity contribution in [2.45, 2.75) is 17.8 Å². The highest BCUT2D eigenvalue weighted by molar-refractivity contribution is 7.98. The number of ether oxygens (including phenoxy) is 1. The van der Waals surface area contributed by atoms with Gasteiger partial charge in [-0.05, 0) is 36.8 Å². The Bertz CT molecular complexity index is 1170. The third kappa shape index (κ3) is 3.91. The first-order valence-electron chi connectivity index (χ1n) is 10.1. The van der Waals surface area contributed by atoms with E-state index in [1.54, 1.807) is 11.8 Å². The van der Waals surface area contributed by atoms with Gasteiger partial charge in [0.1, 0.15) is 0 Å². The predicted molar refractivity (Wildman–Crippen MR) is 120 cm³/mol. The largest absolute Gasteiger partial charge is 0.378 e. The maximum atomic E-state index is 5.52. The first kappa shape index (κ1) is 19.1. The molecule has 0 saturated carbocycles. The minimum atomic E-state index is 0.712. The molecule has 0 aliphatic carbocycles. The average molecular weight is 418 g/mol. The molecule has 0 radical (unpaired) electrons. The van der Waals surface area contributed by atoms with Gasteiger partial charge in [0, 0.05) is 24.2 Å². The van der Waals surface area contributed by atoms with E-state index >= 15 is 0 Å². The van der Waals surface area contributed by atoms with Gasteiger partial charge >= 0.3 is 0 Å². The molecule has 2 aromatic heterocycles. The number of aromatic nitrogens is 4. The summed E-state index contributed by atoms with van der Waals surface area (Å²) < 4.78 is 7.68. The van der Waals surface area contributed by atoms with Gasteiger partial charge in [0.15, 0.2) is 5.16 Å². The van der Waals surface area contributed by atoms with Gasteiger partial charge in [-0.2, -0.15) is 0 Å². The van der Waals surface area contributed by atoms with Crippen molar-refractivity contribution in [1.29, 1.82) is 0 Å². The first-order valence-corrected chi connectivity index (χ1v) is 11.1. The van der Waals surface area contributed by atoms with Gasteiger partial charge in [-0.3, -0.25) is 9.55 Å². The molecule has 152 valence electrons. The van der Waals surface area contributed by atoms with Gasteiger partial charge in [-0.15, -0.1) is 10.2 Å².